The van der Waals surface area contributed by atoms with Crippen molar-refractivity contribution in [2.75, 3.05) is 4.90 Å². The Hall–Kier alpha value is -5.74. The highest BCUT2D eigenvalue weighted by molar-refractivity contribution is 7.26. The average molecular weight is 660 g/mol. The van der Waals surface area contributed by atoms with Crippen LogP contribution in [0.15, 0.2) is 176 Å². The molecule has 0 aliphatic heterocycles. The fraction of sp³-hybridized carbons (Fsp3) is 0. The molecule has 8 aromatic carbocycles. The predicted molar refractivity (Wildman–Crippen MR) is 215 cm³/mol. The van der Waals surface area contributed by atoms with E-state index in [2.05, 4.69) is 181 Å². The fourth-order valence-corrected chi connectivity index (χ4v) is 9.72. The van der Waals surface area contributed by atoms with Crippen molar-refractivity contribution in [3.63, 3.8) is 0 Å². The highest BCUT2D eigenvalue weighted by Crippen LogP contribution is 2.52. The van der Waals surface area contributed by atoms with E-state index in [1.165, 1.54) is 84.7 Å². The molecule has 0 spiro atoms. The van der Waals surface area contributed by atoms with Crippen molar-refractivity contribution in [1.29, 1.82) is 0 Å². The minimum absolute atomic E-state index is 1.13. The molecule has 0 aliphatic rings. The summed E-state index contributed by atoms with van der Waals surface area (Å²) in [4.78, 5) is 2.53. The Morgan fingerprint density at radius 1 is 0.388 bits per heavy atom. The van der Waals surface area contributed by atoms with Gasteiger partial charge in [0.25, 0.3) is 0 Å². The Balaban J connectivity index is 1.28. The number of anilines is 3. The van der Waals surface area contributed by atoms with E-state index in [1.54, 1.807) is 0 Å². The summed E-state index contributed by atoms with van der Waals surface area (Å²) in [6.07, 6.45) is 0. The Bertz CT molecular complexity index is 2830. The van der Waals surface area contributed by atoms with Gasteiger partial charge in [-0.3, -0.25) is 0 Å². The van der Waals surface area contributed by atoms with E-state index in [9.17, 15) is 0 Å². The van der Waals surface area contributed by atoms with Crippen molar-refractivity contribution < 1.29 is 0 Å². The topological polar surface area (TPSA) is 3.24 Å². The van der Waals surface area contributed by atoms with Crippen LogP contribution in [0.25, 0.3) is 73.4 Å². The lowest BCUT2D eigenvalue weighted by molar-refractivity contribution is 1.32. The fourth-order valence-electron chi connectivity index (χ4n) is 7.35. The highest BCUT2D eigenvalue weighted by atomic mass is 32.1. The second-order valence-corrected chi connectivity index (χ2v) is 14.6. The van der Waals surface area contributed by atoms with Gasteiger partial charge in [-0.1, -0.05) is 133 Å². The van der Waals surface area contributed by atoms with E-state index in [1.807, 2.05) is 22.7 Å². The number of benzene rings is 8. The standard InChI is InChI=1S/C46H29NS2/c1-2-12-32(13-3-1)36-27-28-38-37-15-6-8-18-41(37)49-46(38)45(36)47(40-17-10-20-43-44(40)39-16-7-9-19-42(39)48-43)35-25-23-31(24-26-35)34-22-21-30-11-4-5-14-33(30)29-34/h1-29H. The molecule has 0 N–H and O–H groups in total. The number of nitrogens with zero attached hydrogens (tertiary/aromatic N) is 1. The van der Waals surface area contributed by atoms with Crippen LogP contribution in [0.3, 0.4) is 0 Å². The molecular formula is C46H29NS2. The van der Waals surface area contributed by atoms with Crippen molar-refractivity contribution in [2.24, 2.45) is 0 Å². The molecule has 0 aliphatic carbocycles. The van der Waals surface area contributed by atoms with Crippen LogP contribution in [-0.4, -0.2) is 0 Å². The van der Waals surface area contributed by atoms with Crippen molar-refractivity contribution in [3.8, 4) is 22.3 Å². The summed E-state index contributed by atoms with van der Waals surface area (Å²) in [6, 6.07) is 64.4. The molecule has 3 heteroatoms. The summed E-state index contributed by atoms with van der Waals surface area (Å²) < 4.78 is 5.19. The molecule has 1 nitrogen and oxygen atoms in total. The molecule has 0 atom stereocenters. The van der Waals surface area contributed by atoms with Gasteiger partial charge >= 0.3 is 0 Å². The van der Waals surface area contributed by atoms with Crippen molar-refractivity contribution in [3.05, 3.63) is 176 Å². The lowest BCUT2D eigenvalue weighted by Crippen LogP contribution is -2.12. The quantitative estimate of drug-likeness (QED) is 0.178. The molecule has 0 amide bonds. The molecular weight excluding hydrogens is 631 g/mol. The summed E-state index contributed by atoms with van der Waals surface area (Å²) in [5, 5.41) is 7.68. The van der Waals surface area contributed by atoms with Crippen LogP contribution in [0.1, 0.15) is 0 Å². The molecule has 49 heavy (non-hydrogen) atoms. The van der Waals surface area contributed by atoms with Crippen LogP contribution >= 0.6 is 22.7 Å². The first kappa shape index (κ1) is 28.3. The second-order valence-electron chi connectivity index (χ2n) is 12.5. The first-order valence-corrected chi connectivity index (χ1v) is 18.2. The number of fused-ring (bicyclic) bond motifs is 7. The van der Waals surface area contributed by atoms with Crippen molar-refractivity contribution >= 4 is 90.9 Å². The van der Waals surface area contributed by atoms with E-state index in [-0.39, 0.29) is 0 Å². The summed E-state index contributed by atoms with van der Waals surface area (Å²) in [5.74, 6) is 0. The third-order valence-corrected chi connectivity index (χ3v) is 12.0. The molecule has 0 unspecified atom stereocenters. The third kappa shape index (κ3) is 4.66. The predicted octanol–water partition coefficient (Wildman–Crippen LogP) is 14.4. The number of hydrogen-bond donors (Lipinski definition) is 0. The SMILES string of the molecule is c1ccc(-c2ccc3c(sc4ccccc43)c2N(c2ccc(-c3ccc4ccccc4c3)cc2)c2cccc3sc4ccccc4c23)cc1. The summed E-state index contributed by atoms with van der Waals surface area (Å²) >= 11 is 3.76. The first-order valence-electron chi connectivity index (χ1n) is 16.6. The minimum atomic E-state index is 1.13. The van der Waals surface area contributed by atoms with Crippen LogP contribution in [0, 0.1) is 0 Å². The molecule has 0 saturated heterocycles. The van der Waals surface area contributed by atoms with E-state index >= 15 is 0 Å². The molecule has 10 aromatic rings. The van der Waals surface area contributed by atoms with Gasteiger partial charge in [0.2, 0.25) is 0 Å². The summed E-state index contributed by atoms with van der Waals surface area (Å²) in [7, 11) is 0. The lowest BCUT2D eigenvalue weighted by atomic mass is 9.98. The maximum atomic E-state index is 2.53. The van der Waals surface area contributed by atoms with Crippen LogP contribution in [0.5, 0.6) is 0 Å². The molecule has 0 bridgehead atoms. The Morgan fingerprint density at radius 2 is 1.06 bits per heavy atom. The Kier molecular flexibility index (Phi) is 6.61. The summed E-state index contributed by atoms with van der Waals surface area (Å²) in [5.41, 5.74) is 8.39. The highest BCUT2D eigenvalue weighted by Gasteiger charge is 2.25. The van der Waals surface area contributed by atoms with Gasteiger partial charge in [-0.15, -0.1) is 22.7 Å². The van der Waals surface area contributed by atoms with Crippen molar-refractivity contribution in [1.82, 2.24) is 0 Å². The van der Waals surface area contributed by atoms with Crippen LogP contribution in [-0.2, 0) is 0 Å². The molecule has 0 radical (unpaired) electrons. The zero-order chi connectivity index (χ0) is 32.3. The van der Waals surface area contributed by atoms with Gasteiger partial charge in [-0.05, 0) is 69.9 Å². The number of thiophene rings is 2. The lowest BCUT2D eigenvalue weighted by Gasteiger charge is -2.29. The third-order valence-electron chi connectivity index (χ3n) is 9.66. The first-order chi connectivity index (χ1) is 24.3. The second kappa shape index (κ2) is 11.5. The van der Waals surface area contributed by atoms with Gasteiger partial charge in [-0.25, -0.2) is 0 Å². The molecule has 2 aromatic heterocycles. The van der Waals surface area contributed by atoms with Gasteiger partial charge in [-0.2, -0.15) is 0 Å². The van der Waals surface area contributed by atoms with E-state index in [0.29, 0.717) is 0 Å². The monoisotopic (exact) mass is 659 g/mol. The van der Waals surface area contributed by atoms with Gasteiger partial charge in [0.05, 0.1) is 16.1 Å². The van der Waals surface area contributed by atoms with Crippen LogP contribution < -0.4 is 4.90 Å². The Labute approximate surface area is 292 Å². The molecule has 0 saturated carbocycles. The maximum absolute atomic E-state index is 2.53. The average Bonchev–Trinajstić information content (AvgIpc) is 3.75. The molecule has 0 fully saturated rings. The largest absolute Gasteiger partial charge is 0.308 e. The number of hydrogen-bond acceptors (Lipinski definition) is 3. The van der Waals surface area contributed by atoms with Gasteiger partial charge < -0.3 is 4.90 Å². The Morgan fingerprint density at radius 3 is 1.90 bits per heavy atom. The molecule has 230 valence electrons. The van der Waals surface area contributed by atoms with Gasteiger partial charge in [0.1, 0.15) is 0 Å². The van der Waals surface area contributed by atoms with Crippen LogP contribution in [0.2, 0.25) is 0 Å². The van der Waals surface area contributed by atoms with E-state index < -0.39 is 0 Å². The van der Waals surface area contributed by atoms with Gasteiger partial charge in [0.15, 0.2) is 0 Å². The smallest absolute Gasteiger partial charge is 0.0718 e. The zero-order valence-corrected chi connectivity index (χ0v) is 28.1. The van der Waals surface area contributed by atoms with Crippen molar-refractivity contribution in [2.45, 2.75) is 0 Å². The van der Waals surface area contributed by atoms with E-state index in [0.717, 1.165) is 5.69 Å². The normalized spacial score (nSPS) is 11.7. The van der Waals surface area contributed by atoms with Gasteiger partial charge in [0, 0.05) is 46.9 Å². The minimum Gasteiger partial charge on any atom is -0.308 e. The van der Waals surface area contributed by atoms with E-state index in [4.69, 9.17) is 0 Å². The zero-order valence-electron chi connectivity index (χ0n) is 26.5. The molecule has 10 rings (SSSR count). The maximum Gasteiger partial charge on any atom is 0.0718 e. The van der Waals surface area contributed by atoms with Crippen LogP contribution in [0.4, 0.5) is 17.1 Å². The number of rotatable bonds is 5. The molecule has 2 heterocycles. The summed E-state index contributed by atoms with van der Waals surface area (Å²) in [6.45, 7) is 0.